The third-order valence-electron chi connectivity index (χ3n) is 3.00. The molecule has 5 nitrogen and oxygen atoms in total. The van der Waals surface area contributed by atoms with Gasteiger partial charge in [0.15, 0.2) is 5.82 Å². The first-order valence-corrected chi connectivity index (χ1v) is 6.22. The normalized spacial score (nSPS) is 12.6. The number of nitrogens with two attached hydrogens (primary N) is 1. The van der Waals surface area contributed by atoms with E-state index in [0.717, 1.165) is 18.4 Å². The Morgan fingerprint density at radius 1 is 1.33 bits per heavy atom. The highest BCUT2D eigenvalue weighted by Gasteiger charge is 2.12. The van der Waals surface area contributed by atoms with Crippen molar-refractivity contribution in [3.63, 3.8) is 0 Å². The molecule has 2 rings (SSSR count). The number of nitrogens with zero attached hydrogens (tertiary/aromatic N) is 3. The van der Waals surface area contributed by atoms with Crippen molar-refractivity contribution in [2.45, 2.75) is 26.2 Å². The Bertz CT molecular complexity index is 465. The van der Waals surface area contributed by atoms with Gasteiger partial charge in [-0.1, -0.05) is 18.5 Å². The lowest BCUT2D eigenvalue weighted by Crippen LogP contribution is -2.16. The summed E-state index contributed by atoms with van der Waals surface area (Å²) in [7, 11) is 0. The third kappa shape index (κ3) is 3.37. The van der Waals surface area contributed by atoms with Crippen molar-refractivity contribution in [2.24, 2.45) is 11.7 Å². The average Bonchev–Trinajstić information content (AvgIpc) is 2.84. The van der Waals surface area contributed by atoms with Gasteiger partial charge < -0.3 is 10.3 Å². The minimum absolute atomic E-state index is 0.416. The molecule has 0 fully saturated rings. The lowest BCUT2D eigenvalue weighted by Gasteiger charge is -2.07. The largest absolute Gasteiger partial charge is 0.339 e. The Morgan fingerprint density at radius 3 is 2.78 bits per heavy atom. The molecule has 96 valence electrons. The molecule has 0 aliphatic rings. The Kier molecular flexibility index (Phi) is 4.41. The van der Waals surface area contributed by atoms with E-state index in [-0.39, 0.29) is 0 Å². The molecule has 0 aliphatic carbocycles. The molecule has 0 aromatic carbocycles. The maximum absolute atomic E-state index is 5.66. The van der Waals surface area contributed by atoms with Gasteiger partial charge in [0.1, 0.15) is 0 Å². The first-order valence-electron chi connectivity index (χ1n) is 6.22. The van der Waals surface area contributed by atoms with Crippen LogP contribution >= 0.6 is 0 Å². The molecule has 0 saturated carbocycles. The number of aromatic nitrogens is 3. The van der Waals surface area contributed by atoms with E-state index in [1.807, 2.05) is 12.1 Å². The van der Waals surface area contributed by atoms with Crippen molar-refractivity contribution < 1.29 is 4.52 Å². The molecule has 1 unspecified atom stereocenters. The predicted octanol–water partition coefficient (Wildman–Crippen LogP) is 1.58. The molecule has 2 heterocycles. The van der Waals surface area contributed by atoms with Gasteiger partial charge >= 0.3 is 0 Å². The van der Waals surface area contributed by atoms with Crippen LogP contribution in [-0.4, -0.2) is 21.7 Å². The third-order valence-corrected chi connectivity index (χ3v) is 3.00. The van der Waals surface area contributed by atoms with Crippen molar-refractivity contribution in [3.05, 3.63) is 41.8 Å². The summed E-state index contributed by atoms with van der Waals surface area (Å²) < 4.78 is 5.24. The molecule has 0 radical (unpaired) electrons. The Hall–Kier alpha value is -1.75. The topological polar surface area (TPSA) is 77.8 Å². The molecular formula is C13H18N4O. The monoisotopic (exact) mass is 246 g/mol. The highest BCUT2D eigenvalue weighted by atomic mass is 16.5. The van der Waals surface area contributed by atoms with Gasteiger partial charge in [-0.2, -0.15) is 4.98 Å². The quantitative estimate of drug-likeness (QED) is 0.837. The predicted molar refractivity (Wildman–Crippen MR) is 67.9 cm³/mol. The second-order valence-corrected chi connectivity index (χ2v) is 4.35. The van der Waals surface area contributed by atoms with Crippen LogP contribution in [0.5, 0.6) is 0 Å². The summed E-state index contributed by atoms with van der Waals surface area (Å²) in [6, 6.07) is 3.90. The van der Waals surface area contributed by atoms with Gasteiger partial charge in [-0.3, -0.25) is 4.98 Å². The zero-order valence-corrected chi connectivity index (χ0v) is 10.5. The number of hydrogen-bond donors (Lipinski definition) is 1. The fourth-order valence-electron chi connectivity index (χ4n) is 1.77. The SMILES string of the molecule is CCC(CN)Cc1nc(Cc2ccncc2)no1. The van der Waals surface area contributed by atoms with E-state index in [0.29, 0.717) is 30.6 Å². The second-order valence-electron chi connectivity index (χ2n) is 4.35. The molecule has 1 atom stereocenters. The minimum Gasteiger partial charge on any atom is -0.339 e. The summed E-state index contributed by atoms with van der Waals surface area (Å²) in [5.74, 6) is 1.80. The van der Waals surface area contributed by atoms with Gasteiger partial charge in [0.2, 0.25) is 5.89 Å². The molecule has 2 N–H and O–H groups in total. The zero-order chi connectivity index (χ0) is 12.8. The summed E-state index contributed by atoms with van der Waals surface area (Å²) in [6.07, 6.45) is 5.98. The summed E-state index contributed by atoms with van der Waals surface area (Å²) in [6.45, 7) is 2.77. The molecule has 5 heteroatoms. The van der Waals surface area contributed by atoms with E-state index in [4.69, 9.17) is 10.3 Å². The maximum atomic E-state index is 5.66. The van der Waals surface area contributed by atoms with Gasteiger partial charge in [-0.25, -0.2) is 0 Å². The Labute approximate surface area is 106 Å². The van der Waals surface area contributed by atoms with Crippen molar-refractivity contribution in [1.29, 1.82) is 0 Å². The zero-order valence-electron chi connectivity index (χ0n) is 10.5. The van der Waals surface area contributed by atoms with Gasteiger partial charge in [0.25, 0.3) is 0 Å². The van der Waals surface area contributed by atoms with Crippen LogP contribution in [0.3, 0.4) is 0 Å². The lowest BCUT2D eigenvalue weighted by molar-refractivity contribution is 0.347. The van der Waals surface area contributed by atoms with Crippen molar-refractivity contribution in [3.8, 4) is 0 Å². The van der Waals surface area contributed by atoms with Gasteiger partial charge in [-0.05, 0) is 30.2 Å². The smallest absolute Gasteiger partial charge is 0.226 e. The van der Waals surface area contributed by atoms with Crippen LogP contribution in [0.15, 0.2) is 29.0 Å². The molecule has 2 aromatic rings. The summed E-state index contributed by atoms with van der Waals surface area (Å²) in [5, 5.41) is 3.99. The van der Waals surface area contributed by atoms with Crippen LogP contribution in [0, 0.1) is 5.92 Å². The lowest BCUT2D eigenvalue weighted by atomic mass is 10.0. The average molecular weight is 246 g/mol. The molecular weight excluding hydrogens is 228 g/mol. The number of hydrogen-bond acceptors (Lipinski definition) is 5. The maximum Gasteiger partial charge on any atom is 0.226 e. The van der Waals surface area contributed by atoms with Crippen LogP contribution in [0.2, 0.25) is 0 Å². The summed E-state index contributed by atoms with van der Waals surface area (Å²) in [4.78, 5) is 8.36. The van der Waals surface area contributed by atoms with E-state index in [2.05, 4.69) is 22.0 Å². The Morgan fingerprint density at radius 2 is 2.11 bits per heavy atom. The van der Waals surface area contributed by atoms with Crippen molar-refractivity contribution in [2.75, 3.05) is 6.54 Å². The van der Waals surface area contributed by atoms with Crippen LogP contribution in [0.25, 0.3) is 0 Å². The van der Waals surface area contributed by atoms with Crippen molar-refractivity contribution >= 4 is 0 Å². The summed E-state index contributed by atoms with van der Waals surface area (Å²) in [5.41, 5.74) is 6.79. The fraction of sp³-hybridized carbons (Fsp3) is 0.462. The van der Waals surface area contributed by atoms with Crippen LogP contribution in [0.1, 0.15) is 30.6 Å². The van der Waals surface area contributed by atoms with Crippen LogP contribution in [-0.2, 0) is 12.8 Å². The number of rotatable bonds is 6. The van der Waals surface area contributed by atoms with E-state index >= 15 is 0 Å². The van der Waals surface area contributed by atoms with Crippen LogP contribution < -0.4 is 5.73 Å². The van der Waals surface area contributed by atoms with E-state index in [9.17, 15) is 0 Å². The highest BCUT2D eigenvalue weighted by molar-refractivity contribution is 5.14. The van der Waals surface area contributed by atoms with Gasteiger partial charge in [0.05, 0.1) is 0 Å². The van der Waals surface area contributed by atoms with Gasteiger partial charge in [-0.15, -0.1) is 0 Å². The second kappa shape index (κ2) is 6.26. The molecule has 0 bridgehead atoms. The first-order chi connectivity index (χ1) is 8.81. The van der Waals surface area contributed by atoms with Crippen LogP contribution in [0.4, 0.5) is 0 Å². The molecule has 0 spiro atoms. The minimum atomic E-state index is 0.416. The first kappa shape index (κ1) is 12.7. The fourth-order valence-corrected chi connectivity index (χ4v) is 1.77. The van der Waals surface area contributed by atoms with Gasteiger partial charge in [0, 0.05) is 25.2 Å². The summed E-state index contributed by atoms with van der Waals surface area (Å²) >= 11 is 0. The van der Waals surface area contributed by atoms with Crippen molar-refractivity contribution in [1.82, 2.24) is 15.1 Å². The van der Waals surface area contributed by atoms with E-state index in [1.165, 1.54) is 0 Å². The van der Waals surface area contributed by atoms with E-state index < -0.39 is 0 Å². The molecule has 18 heavy (non-hydrogen) atoms. The van der Waals surface area contributed by atoms with E-state index in [1.54, 1.807) is 12.4 Å². The Balaban J connectivity index is 1.98. The highest BCUT2D eigenvalue weighted by Crippen LogP contribution is 2.11. The molecule has 0 amide bonds. The standard InChI is InChI=1S/C13H18N4O/c1-2-10(9-14)8-13-16-12(17-18-13)7-11-3-5-15-6-4-11/h3-6,10H,2,7-9,14H2,1H3. The molecule has 0 saturated heterocycles. The molecule has 0 aliphatic heterocycles. The molecule has 2 aromatic heterocycles. The number of pyridine rings is 1.